The molecule has 0 aliphatic heterocycles. The quantitative estimate of drug-likeness (QED) is 0.0997. The smallest absolute Gasteiger partial charge is 0.330 e. The lowest BCUT2D eigenvalue weighted by Gasteiger charge is -2.16. The van der Waals surface area contributed by atoms with E-state index in [2.05, 4.69) is 31.7 Å². The highest BCUT2D eigenvalue weighted by molar-refractivity contribution is 5.81. The second kappa shape index (κ2) is 27.5. The number of unbranched alkanes of at least 4 members (excludes halogenated alkanes) is 11. The summed E-state index contributed by atoms with van der Waals surface area (Å²) < 4.78 is 9.96. The lowest BCUT2D eigenvalue weighted by Crippen LogP contribution is -2.13. The van der Waals surface area contributed by atoms with E-state index >= 15 is 0 Å². The molecule has 0 saturated heterocycles. The van der Waals surface area contributed by atoms with Crippen molar-refractivity contribution in [3.05, 3.63) is 25.3 Å². The predicted molar refractivity (Wildman–Crippen MR) is 137 cm³/mol. The molecule has 0 rings (SSSR count). The number of esters is 2. The predicted octanol–water partition coefficient (Wildman–Crippen LogP) is 8.35. The van der Waals surface area contributed by atoms with Crippen LogP contribution in [-0.2, 0) is 19.1 Å². The molecule has 0 aromatic heterocycles. The number of rotatable bonds is 21. The van der Waals surface area contributed by atoms with Crippen LogP contribution in [0.4, 0.5) is 0 Å². The van der Waals surface area contributed by atoms with Crippen LogP contribution in [0.25, 0.3) is 0 Å². The summed E-state index contributed by atoms with van der Waals surface area (Å²) in [5.74, 6) is -0.0689. The molecule has 0 amide bonds. The maximum absolute atomic E-state index is 11.3. The average molecular weight is 453 g/mol. The molecule has 188 valence electrons. The van der Waals surface area contributed by atoms with Gasteiger partial charge in [-0.1, -0.05) is 117 Å². The van der Waals surface area contributed by atoms with Gasteiger partial charge in [-0.05, 0) is 25.2 Å². The Morgan fingerprint density at radius 2 is 1.03 bits per heavy atom. The lowest BCUT2D eigenvalue weighted by atomic mass is 9.95. The lowest BCUT2D eigenvalue weighted by molar-refractivity contribution is -0.139. The van der Waals surface area contributed by atoms with Crippen LogP contribution in [0.1, 0.15) is 124 Å². The second-order valence-electron chi connectivity index (χ2n) is 8.54. The molecule has 0 aliphatic carbocycles. The van der Waals surface area contributed by atoms with E-state index in [4.69, 9.17) is 4.74 Å². The van der Waals surface area contributed by atoms with Crippen molar-refractivity contribution in [2.24, 2.45) is 5.92 Å². The summed E-state index contributed by atoms with van der Waals surface area (Å²) in [6, 6.07) is 0. The van der Waals surface area contributed by atoms with Gasteiger partial charge < -0.3 is 9.47 Å². The zero-order valence-electron chi connectivity index (χ0n) is 21.5. The molecule has 0 spiro atoms. The number of hydrogen-bond acceptors (Lipinski definition) is 4. The molecule has 0 aliphatic rings. The van der Waals surface area contributed by atoms with Gasteiger partial charge in [0, 0.05) is 12.2 Å². The molecule has 0 N–H and O–H groups in total. The largest absolute Gasteiger partial charge is 0.463 e. The van der Waals surface area contributed by atoms with Gasteiger partial charge >= 0.3 is 11.9 Å². The molecule has 0 saturated carbocycles. The third kappa shape index (κ3) is 26.5. The molecule has 0 heterocycles. The van der Waals surface area contributed by atoms with E-state index in [1.807, 2.05) is 6.92 Å². The Balaban J connectivity index is 0. The van der Waals surface area contributed by atoms with E-state index in [0.717, 1.165) is 12.8 Å². The fourth-order valence-corrected chi connectivity index (χ4v) is 3.37. The maximum Gasteiger partial charge on any atom is 0.330 e. The topological polar surface area (TPSA) is 52.6 Å². The van der Waals surface area contributed by atoms with Crippen molar-refractivity contribution in [3.8, 4) is 0 Å². The van der Waals surface area contributed by atoms with Gasteiger partial charge in [0.15, 0.2) is 0 Å². The van der Waals surface area contributed by atoms with Crippen molar-refractivity contribution in [2.75, 3.05) is 13.2 Å². The standard InChI is InChI=1S/C21H40O2.C7H12O2/c1-4-7-9-11-13-15-17-20(19-23-21(22)6-3)18-16-14-12-10-8-5-2;1-3-5-6-9-7(8)4-2/h6,20H,3-5,7-19H2,1-2H3;4H,2-3,5-6H2,1H3. The zero-order chi connectivity index (χ0) is 24.3. The normalized spacial score (nSPS) is 10.2. The Bertz CT molecular complexity index is 429. The molecule has 0 fully saturated rings. The Morgan fingerprint density at radius 1 is 0.625 bits per heavy atom. The highest BCUT2D eigenvalue weighted by Crippen LogP contribution is 2.19. The SMILES string of the molecule is C=CC(=O)OCC(CCCCCCCC)CCCCCCCC.C=CC(=O)OCCCC. The van der Waals surface area contributed by atoms with E-state index < -0.39 is 0 Å². The fourth-order valence-electron chi connectivity index (χ4n) is 3.37. The summed E-state index contributed by atoms with van der Waals surface area (Å²) in [5, 5.41) is 0. The third-order valence-electron chi connectivity index (χ3n) is 5.47. The van der Waals surface area contributed by atoms with Gasteiger partial charge in [-0.25, -0.2) is 9.59 Å². The first kappa shape index (κ1) is 32.6. The molecular formula is C28H52O4. The van der Waals surface area contributed by atoms with Crippen LogP contribution in [0.2, 0.25) is 0 Å². The van der Waals surface area contributed by atoms with Crippen LogP contribution < -0.4 is 0 Å². The summed E-state index contributed by atoms with van der Waals surface area (Å²) in [6.07, 6.45) is 22.8. The second-order valence-corrected chi connectivity index (χ2v) is 8.54. The van der Waals surface area contributed by atoms with Gasteiger partial charge in [0.25, 0.3) is 0 Å². The molecule has 0 bridgehead atoms. The molecular weight excluding hydrogens is 400 g/mol. The molecule has 0 unspecified atom stereocenters. The van der Waals surface area contributed by atoms with Crippen molar-refractivity contribution < 1.29 is 19.1 Å². The van der Waals surface area contributed by atoms with Crippen LogP contribution >= 0.6 is 0 Å². The molecule has 4 heteroatoms. The van der Waals surface area contributed by atoms with E-state index in [1.54, 1.807) is 0 Å². The van der Waals surface area contributed by atoms with Crippen LogP contribution in [-0.4, -0.2) is 25.2 Å². The number of ether oxygens (including phenoxy) is 2. The summed E-state index contributed by atoms with van der Waals surface area (Å²) in [4.78, 5) is 21.6. The molecule has 0 radical (unpaired) electrons. The molecule has 0 atom stereocenters. The first-order chi connectivity index (χ1) is 15.5. The summed E-state index contributed by atoms with van der Waals surface area (Å²) in [7, 11) is 0. The van der Waals surface area contributed by atoms with Crippen LogP contribution in [0.15, 0.2) is 25.3 Å². The van der Waals surface area contributed by atoms with E-state index in [-0.39, 0.29) is 11.9 Å². The van der Waals surface area contributed by atoms with Gasteiger partial charge in [0.1, 0.15) is 0 Å². The van der Waals surface area contributed by atoms with Gasteiger partial charge in [-0.2, -0.15) is 0 Å². The van der Waals surface area contributed by atoms with Crippen molar-refractivity contribution in [1.82, 2.24) is 0 Å². The Hall–Kier alpha value is -1.58. The highest BCUT2D eigenvalue weighted by Gasteiger charge is 2.11. The highest BCUT2D eigenvalue weighted by atomic mass is 16.5. The van der Waals surface area contributed by atoms with Crippen molar-refractivity contribution in [3.63, 3.8) is 0 Å². The fraction of sp³-hybridized carbons (Fsp3) is 0.786. The minimum atomic E-state index is -0.330. The molecule has 0 aromatic rings. The summed E-state index contributed by atoms with van der Waals surface area (Å²) in [6.45, 7) is 14.4. The number of carbonyl (C=O) groups is 2. The summed E-state index contributed by atoms with van der Waals surface area (Å²) in [5.41, 5.74) is 0. The average Bonchev–Trinajstić information content (AvgIpc) is 2.81. The molecule has 4 nitrogen and oxygen atoms in total. The van der Waals surface area contributed by atoms with Gasteiger partial charge in [0.2, 0.25) is 0 Å². The third-order valence-corrected chi connectivity index (χ3v) is 5.47. The molecule has 0 aromatic carbocycles. The first-order valence-electron chi connectivity index (χ1n) is 13.1. The van der Waals surface area contributed by atoms with Crippen LogP contribution in [0, 0.1) is 5.92 Å². The van der Waals surface area contributed by atoms with Crippen molar-refractivity contribution in [2.45, 2.75) is 124 Å². The van der Waals surface area contributed by atoms with Crippen LogP contribution in [0.3, 0.4) is 0 Å². The monoisotopic (exact) mass is 452 g/mol. The van der Waals surface area contributed by atoms with Crippen molar-refractivity contribution >= 4 is 11.9 Å². The van der Waals surface area contributed by atoms with Gasteiger partial charge in [0.05, 0.1) is 13.2 Å². The summed E-state index contributed by atoms with van der Waals surface area (Å²) >= 11 is 0. The molecule has 32 heavy (non-hydrogen) atoms. The van der Waals surface area contributed by atoms with E-state index in [1.165, 1.54) is 102 Å². The Labute approximate surface area is 199 Å². The zero-order valence-corrected chi connectivity index (χ0v) is 21.5. The van der Waals surface area contributed by atoms with Crippen molar-refractivity contribution in [1.29, 1.82) is 0 Å². The Kier molecular flexibility index (Phi) is 28.0. The first-order valence-corrected chi connectivity index (χ1v) is 13.1. The minimum Gasteiger partial charge on any atom is -0.463 e. The number of hydrogen-bond donors (Lipinski definition) is 0. The van der Waals surface area contributed by atoms with E-state index in [9.17, 15) is 9.59 Å². The van der Waals surface area contributed by atoms with E-state index in [0.29, 0.717) is 19.1 Å². The number of carbonyl (C=O) groups excluding carboxylic acids is 2. The van der Waals surface area contributed by atoms with Gasteiger partial charge in [-0.3, -0.25) is 0 Å². The van der Waals surface area contributed by atoms with Gasteiger partial charge in [-0.15, -0.1) is 0 Å². The van der Waals surface area contributed by atoms with Crippen LogP contribution in [0.5, 0.6) is 0 Å². The maximum atomic E-state index is 11.3. The minimum absolute atomic E-state index is 0.277. The Morgan fingerprint density at radius 3 is 1.47 bits per heavy atom.